The van der Waals surface area contributed by atoms with Gasteiger partial charge >= 0.3 is 0 Å². The molecule has 1 rings (SSSR count). The van der Waals surface area contributed by atoms with E-state index in [2.05, 4.69) is 17.2 Å². The van der Waals surface area contributed by atoms with E-state index in [-0.39, 0.29) is 5.91 Å². The van der Waals surface area contributed by atoms with Gasteiger partial charge in [-0.05, 0) is 26.0 Å². The van der Waals surface area contributed by atoms with Gasteiger partial charge in [0, 0.05) is 18.7 Å². The number of anilines is 1. The predicted molar refractivity (Wildman–Crippen MR) is 66.0 cm³/mol. The van der Waals surface area contributed by atoms with E-state index < -0.39 is 0 Å². The molecule has 1 aromatic rings. The molecule has 0 aromatic heterocycles. The third-order valence-corrected chi connectivity index (χ3v) is 2.17. The van der Waals surface area contributed by atoms with E-state index in [1.54, 1.807) is 19.1 Å². The Hall–Kier alpha value is -1.95. The second-order valence-corrected chi connectivity index (χ2v) is 3.52. The summed E-state index contributed by atoms with van der Waals surface area (Å²) in [6.07, 6.45) is 0.661. The zero-order chi connectivity index (χ0) is 12.0. The molecule has 0 aliphatic rings. The van der Waals surface area contributed by atoms with E-state index in [4.69, 9.17) is 5.73 Å². The fraction of sp³-hybridized carbons (Fsp3) is 0.308. The van der Waals surface area contributed by atoms with Crippen LogP contribution in [0, 0.1) is 18.8 Å². The van der Waals surface area contributed by atoms with Gasteiger partial charge < -0.3 is 11.1 Å². The van der Waals surface area contributed by atoms with Crippen LogP contribution in [0.4, 0.5) is 5.69 Å². The lowest BCUT2D eigenvalue weighted by Crippen LogP contribution is -2.25. The van der Waals surface area contributed by atoms with Crippen molar-refractivity contribution in [1.29, 1.82) is 0 Å². The maximum atomic E-state index is 11.7. The van der Waals surface area contributed by atoms with E-state index in [9.17, 15) is 4.79 Å². The molecule has 1 amide bonds. The van der Waals surface area contributed by atoms with Crippen molar-refractivity contribution in [2.45, 2.75) is 20.3 Å². The van der Waals surface area contributed by atoms with Crippen LogP contribution in [0.2, 0.25) is 0 Å². The monoisotopic (exact) mass is 216 g/mol. The molecule has 0 saturated carbocycles. The minimum Gasteiger partial charge on any atom is -0.398 e. The minimum atomic E-state index is -0.140. The predicted octanol–water partition coefficient (Wildman–Crippen LogP) is 1.72. The van der Waals surface area contributed by atoms with Crippen molar-refractivity contribution in [2.75, 3.05) is 12.3 Å². The summed E-state index contributed by atoms with van der Waals surface area (Å²) >= 11 is 0. The highest BCUT2D eigenvalue weighted by molar-refractivity contribution is 5.99. The molecule has 0 aliphatic carbocycles. The largest absolute Gasteiger partial charge is 0.398 e. The number of aryl methyl sites for hydroxylation is 1. The third-order valence-electron chi connectivity index (χ3n) is 2.17. The van der Waals surface area contributed by atoms with Crippen LogP contribution >= 0.6 is 0 Å². The number of hydrogen-bond donors (Lipinski definition) is 2. The average molecular weight is 216 g/mol. The molecular weight excluding hydrogens is 200 g/mol. The number of hydrogen-bond acceptors (Lipinski definition) is 2. The van der Waals surface area contributed by atoms with Gasteiger partial charge in [-0.2, -0.15) is 0 Å². The lowest BCUT2D eigenvalue weighted by Gasteiger charge is -2.06. The van der Waals surface area contributed by atoms with Crippen LogP contribution in [0.15, 0.2) is 18.2 Å². The van der Waals surface area contributed by atoms with Crippen LogP contribution in [0.25, 0.3) is 0 Å². The maximum Gasteiger partial charge on any atom is 0.253 e. The Balaban J connectivity index is 2.64. The van der Waals surface area contributed by atoms with Crippen molar-refractivity contribution in [3.63, 3.8) is 0 Å². The second-order valence-electron chi connectivity index (χ2n) is 3.52. The summed E-state index contributed by atoms with van der Waals surface area (Å²) < 4.78 is 0. The third kappa shape index (κ3) is 3.32. The van der Waals surface area contributed by atoms with E-state index in [1.807, 2.05) is 13.0 Å². The molecule has 16 heavy (non-hydrogen) atoms. The molecule has 84 valence electrons. The first kappa shape index (κ1) is 12.1. The molecule has 3 nitrogen and oxygen atoms in total. The SMILES string of the molecule is CC#CCCNC(=O)c1cc(C)ccc1N. The number of carbonyl (C=O) groups is 1. The summed E-state index contributed by atoms with van der Waals surface area (Å²) in [5.74, 6) is 5.52. The molecule has 0 bridgehead atoms. The van der Waals surface area contributed by atoms with Gasteiger partial charge in [0.25, 0.3) is 5.91 Å². The molecule has 0 heterocycles. The molecule has 0 atom stereocenters. The van der Waals surface area contributed by atoms with Crippen LogP contribution in [-0.2, 0) is 0 Å². The fourth-order valence-corrected chi connectivity index (χ4v) is 1.33. The smallest absolute Gasteiger partial charge is 0.253 e. The van der Waals surface area contributed by atoms with E-state index >= 15 is 0 Å². The van der Waals surface area contributed by atoms with Gasteiger partial charge in [0.05, 0.1) is 5.56 Å². The van der Waals surface area contributed by atoms with Crippen LogP contribution < -0.4 is 11.1 Å². The first-order chi connectivity index (χ1) is 7.65. The summed E-state index contributed by atoms with van der Waals surface area (Å²) in [6.45, 7) is 4.26. The van der Waals surface area contributed by atoms with Gasteiger partial charge in [-0.3, -0.25) is 4.79 Å². The molecule has 0 unspecified atom stereocenters. The number of rotatable bonds is 3. The van der Waals surface area contributed by atoms with Crippen molar-refractivity contribution in [2.24, 2.45) is 0 Å². The van der Waals surface area contributed by atoms with Crippen LogP contribution in [0.1, 0.15) is 29.3 Å². The second kappa shape index (κ2) is 5.82. The zero-order valence-electron chi connectivity index (χ0n) is 9.63. The highest BCUT2D eigenvalue weighted by Gasteiger charge is 2.08. The molecular formula is C13H16N2O. The quantitative estimate of drug-likeness (QED) is 0.459. The van der Waals surface area contributed by atoms with Crippen LogP contribution in [0.3, 0.4) is 0 Å². The molecule has 0 saturated heterocycles. The Morgan fingerprint density at radius 2 is 2.25 bits per heavy atom. The lowest BCUT2D eigenvalue weighted by atomic mass is 10.1. The minimum absolute atomic E-state index is 0.140. The molecule has 0 fully saturated rings. The number of nitrogens with two attached hydrogens (primary N) is 1. The van der Waals surface area contributed by atoms with Crippen molar-refractivity contribution in [3.05, 3.63) is 29.3 Å². The van der Waals surface area contributed by atoms with Gasteiger partial charge in [0.15, 0.2) is 0 Å². The van der Waals surface area contributed by atoms with Gasteiger partial charge in [0.2, 0.25) is 0 Å². The van der Waals surface area contributed by atoms with E-state index in [0.29, 0.717) is 24.2 Å². The van der Waals surface area contributed by atoms with Crippen molar-refractivity contribution in [3.8, 4) is 11.8 Å². The Bertz CT molecular complexity index is 441. The number of nitrogen functional groups attached to an aromatic ring is 1. The number of nitrogens with one attached hydrogen (secondary N) is 1. The Labute approximate surface area is 96.0 Å². The summed E-state index contributed by atoms with van der Waals surface area (Å²) in [7, 11) is 0. The topological polar surface area (TPSA) is 55.1 Å². The van der Waals surface area contributed by atoms with Crippen LogP contribution in [-0.4, -0.2) is 12.5 Å². The van der Waals surface area contributed by atoms with Gasteiger partial charge in [0.1, 0.15) is 0 Å². The summed E-state index contributed by atoms with van der Waals surface area (Å²) in [5.41, 5.74) is 7.79. The van der Waals surface area contributed by atoms with Crippen molar-refractivity contribution >= 4 is 11.6 Å². The van der Waals surface area contributed by atoms with Gasteiger partial charge in [-0.25, -0.2) is 0 Å². The molecule has 3 heteroatoms. The highest BCUT2D eigenvalue weighted by Crippen LogP contribution is 2.13. The van der Waals surface area contributed by atoms with Gasteiger partial charge in [-0.15, -0.1) is 11.8 Å². The summed E-state index contributed by atoms with van der Waals surface area (Å²) in [6, 6.07) is 5.42. The molecule has 0 radical (unpaired) electrons. The van der Waals surface area contributed by atoms with E-state index in [0.717, 1.165) is 5.56 Å². The number of carbonyl (C=O) groups excluding carboxylic acids is 1. The molecule has 0 spiro atoms. The Morgan fingerprint density at radius 3 is 2.94 bits per heavy atom. The Morgan fingerprint density at radius 1 is 1.50 bits per heavy atom. The summed E-state index contributed by atoms with van der Waals surface area (Å²) in [4.78, 5) is 11.7. The first-order valence-electron chi connectivity index (χ1n) is 5.19. The summed E-state index contributed by atoms with van der Waals surface area (Å²) in [5, 5.41) is 2.78. The van der Waals surface area contributed by atoms with Crippen molar-refractivity contribution in [1.82, 2.24) is 5.32 Å². The maximum absolute atomic E-state index is 11.7. The first-order valence-corrected chi connectivity index (χ1v) is 5.19. The standard InChI is InChI=1S/C13H16N2O/c1-3-4-5-8-15-13(16)11-9-10(2)6-7-12(11)14/h6-7,9H,5,8,14H2,1-2H3,(H,15,16). The normalized spacial score (nSPS) is 9.12. The molecule has 0 aliphatic heterocycles. The number of amides is 1. The zero-order valence-corrected chi connectivity index (χ0v) is 9.63. The molecule has 1 aromatic carbocycles. The fourth-order valence-electron chi connectivity index (χ4n) is 1.33. The van der Waals surface area contributed by atoms with Gasteiger partial charge in [-0.1, -0.05) is 11.6 Å². The average Bonchev–Trinajstić information content (AvgIpc) is 2.27. The van der Waals surface area contributed by atoms with Crippen molar-refractivity contribution < 1.29 is 4.79 Å². The Kier molecular flexibility index (Phi) is 4.41. The van der Waals surface area contributed by atoms with E-state index in [1.165, 1.54) is 0 Å². The highest BCUT2D eigenvalue weighted by atomic mass is 16.1. The molecule has 3 N–H and O–H groups in total. The number of benzene rings is 1. The lowest BCUT2D eigenvalue weighted by molar-refractivity contribution is 0.0955. The van der Waals surface area contributed by atoms with Crippen LogP contribution in [0.5, 0.6) is 0 Å².